The number of aliphatic hydroxyl groups excluding tert-OH is 1. The Morgan fingerprint density at radius 3 is 2.74 bits per heavy atom. The number of hydrogen-bond acceptors (Lipinski definition) is 4. The van der Waals surface area contributed by atoms with Crippen molar-refractivity contribution in [3.8, 4) is 0 Å². The summed E-state index contributed by atoms with van der Waals surface area (Å²) in [5.41, 5.74) is 8.39. The molecule has 3 atom stereocenters. The van der Waals surface area contributed by atoms with E-state index in [1.165, 1.54) is 0 Å². The van der Waals surface area contributed by atoms with Crippen LogP contribution >= 0.6 is 0 Å². The Balaban J connectivity index is 2.05. The smallest absolute Gasteiger partial charge is 0.226 e. The van der Waals surface area contributed by atoms with Gasteiger partial charge < -0.3 is 20.5 Å². The number of amides is 1. The lowest BCUT2D eigenvalue weighted by Gasteiger charge is -2.35. The molecule has 1 aliphatic carbocycles. The molecule has 5 heteroatoms. The Kier molecular flexibility index (Phi) is 6.57. The number of methoxy groups -OCH3 is 1. The molecule has 0 aliphatic heterocycles. The lowest BCUT2D eigenvalue weighted by atomic mass is 9.83. The Morgan fingerprint density at radius 1 is 1.39 bits per heavy atom. The van der Waals surface area contributed by atoms with Crippen molar-refractivity contribution in [2.24, 2.45) is 11.7 Å². The third-order valence-electron chi connectivity index (χ3n) is 4.79. The van der Waals surface area contributed by atoms with Crippen LogP contribution < -0.4 is 5.73 Å². The molecule has 0 bridgehead atoms. The van der Waals surface area contributed by atoms with E-state index < -0.39 is 0 Å². The second-order valence-electron chi connectivity index (χ2n) is 6.36. The first-order valence-corrected chi connectivity index (χ1v) is 8.29. The van der Waals surface area contributed by atoms with Gasteiger partial charge in [0.1, 0.15) is 0 Å². The van der Waals surface area contributed by atoms with E-state index in [-0.39, 0.29) is 30.6 Å². The molecular formula is C18H28N2O3. The van der Waals surface area contributed by atoms with Crippen LogP contribution in [0.2, 0.25) is 0 Å². The van der Waals surface area contributed by atoms with E-state index in [0.717, 1.165) is 24.0 Å². The van der Waals surface area contributed by atoms with E-state index in [1.807, 2.05) is 31.2 Å². The first-order chi connectivity index (χ1) is 11.1. The first-order valence-electron chi connectivity index (χ1n) is 8.29. The highest BCUT2D eigenvalue weighted by molar-refractivity contribution is 5.79. The Hall–Kier alpha value is -1.43. The van der Waals surface area contributed by atoms with E-state index in [1.54, 1.807) is 12.0 Å². The van der Waals surface area contributed by atoms with Crippen LogP contribution in [0.25, 0.3) is 0 Å². The molecule has 1 fully saturated rings. The average Bonchev–Trinajstić information content (AvgIpc) is 2.55. The minimum atomic E-state index is -0.0999. The number of carbonyl (C=O) groups excluding carboxylic acids is 1. The number of rotatable bonds is 6. The fourth-order valence-corrected chi connectivity index (χ4v) is 3.33. The number of aryl methyl sites for hydroxylation is 1. The van der Waals surface area contributed by atoms with Crippen molar-refractivity contribution in [1.29, 1.82) is 0 Å². The van der Waals surface area contributed by atoms with Gasteiger partial charge in [0.25, 0.3) is 0 Å². The maximum Gasteiger partial charge on any atom is 0.226 e. The molecule has 23 heavy (non-hydrogen) atoms. The van der Waals surface area contributed by atoms with Gasteiger partial charge in [-0.25, -0.2) is 0 Å². The van der Waals surface area contributed by atoms with Gasteiger partial charge in [-0.1, -0.05) is 24.3 Å². The lowest BCUT2D eigenvalue weighted by Crippen LogP contribution is -2.47. The molecule has 0 saturated heterocycles. The number of carbonyl (C=O) groups is 1. The zero-order chi connectivity index (χ0) is 16.8. The van der Waals surface area contributed by atoms with Gasteiger partial charge in [0, 0.05) is 32.2 Å². The molecule has 5 nitrogen and oxygen atoms in total. The topological polar surface area (TPSA) is 75.8 Å². The van der Waals surface area contributed by atoms with Crippen molar-refractivity contribution in [2.75, 3.05) is 20.3 Å². The number of hydrogen-bond donors (Lipinski definition) is 2. The molecule has 1 amide bonds. The monoisotopic (exact) mass is 320 g/mol. The molecule has 0 unspecified atom stereocenters. The van der Waals surface area contributed by atoms with Gasteiger partial charge in [-0.15, -0.1) is 0 Å². The maximum absolute atomic E-state index is 12.9. The van der Waals surface area contributed by atoms with E-state index in [2.05, 4.69) is 0 Å². The predicted octanol–water partition coefficient (Wildman–Crippen LogP) is 1.46. The highest BCUT2D eigenvalue weighted by Crippen LogP contribution is 2.27. The van der Waals surface area contributed by atoms with Crippen molar-refractivity contribution in [1.82, 2.24) is 4.90 Å². The molecule has 0 aromatic heterocycles. The van der Waals surface area contributed by atoms with Crippen molar-refractivity contribution < 1.29 is 14.6 Å². The van der Waals surface area contributed by atoms with Gasteiger partial charge in [0.2, 0.25) is 5.91 Å². The van der Waals surface area contributed by atoms with Crippen LogP contribution in [0.3, 0.4) is 0 Å². The van der Waals surface area contributed by atoms with Crippen molar-refractivity contribution in [3.63, 3.8) is 0 Å². The molecule has 1 aromatic carbocycles. The number of benzene rings is 1. The van der Waals surface area contributed by atoms with Crippen LogP contribution in [-0.2, 0) is 16.1 Å². The van der Waals surface area contributed by atoms with Crippen LogP contribution in [-0.4, -0.2) is 48.3 Å². The largest absolute Gasteiger partial charge is 0.395 e. The predicted molar refractivity (Wildman–Crippen MR) is 89.8 cm³/mol. The molecule has 128 valence electrons. The summed E-state index contributed by atoms with van der Waals surface area (Å²) < 4.78 is 5.36. The standard InChI is InChI=1S/C18H28N2O3/c1-13-5-3-4-6-15(13)12-20(9-10-21)18(22)14-7-8-17(23-2)16(19)11-14/h3-6,14,16-17,21H,7-12,19H2,1-2H3/t14-,16+,17+/m0/s1. The van der Waals surface area contributed by atoms with Crippen molar-refractivity contribution in [3.05, 3.63) is 35.4 Å². The maximum atomic E-state index is 12.9. The van der Waals surface area contributed by atoms with Gasteiger partial charge in [0.15, 0.2) is 0 Å². The zero-order valence-corrected chi connectivity index (χ0v) is 14.1. The van der Waals surface area contributed by atoms with Crippen molar-refractivity contribution >= 4 is 5.91 Å². The summed E-state index contributed by atoms with van der Waals surface area (Å²) in [6.07, 6.45) is 2.29. The second-order valence-corrected chi connectivity index (χ2v) is 6.36. The van der Waals surface area contributed by atoms with Gasteiger partial charge in [-0.2, -0.15) is 0 Å². The van der Waals surface area contributed by atoms with Crippen LogP contribution in [0.4, 0.5) is 0 Å². The minimum Gasteiger partial charge on any atom is -0.395 e. The zero-order valence-electron chi connectivity index (χ0n) is 14.1. The average molecular weight is 320 g/mol. The van der Waals surface area contributed by atoms with Gasteiger partial charge in [-0.3, -0.25) is 4.79 Å². The summed E-state index contributed by atoms with van der Waals surface area (Å²) in [4.78, 5) is 14.6. The molecule has 3 N–H and O–H groups in total. The Labute approximate surface area is 138 Å². The normalized spacial score (nSPS) is 24.4. The van der Waals surface area contributed by atoms with Crippen LogP contribution in [0.15, 0.2) is 24.3 Å². The summed E-state index contributed by atoms with van der Waals surface area (Å²) in [7, 11) is 1.67. The van der Waals surface area contributed by atoms with E-state index in [4.69, 9.17) is 10.5 Å². The third kappa shape index (κ3) is 4.53. The van der Waals surface area contributed by atoms with E-state index >= 15 is 0 Å². The highest BCUT2D eigenvalue weighted by Gasteiger charge is 2.34. The molecule has 0 heterocycles. The number of nitrogens with two attached hydrogens (primary N) is 1. The van der Waals surface area contributed by atoms with Crippen molar-refractivity contribution in [2.45, 2.75) is 44.9 Å². The van der Waals surface area contributed by atoms with Gasteiger partial charge in [-0.05, 0) is 37.3 Å². The van der Waals surface area contributed by atoms with Crippen LogP contribution in [0.1, 0.15) is 30.4 Å². The molecule has 1 saturated carbocycles. The van der Waals surface area contributed by atoms with Crippen LogP contribution in [0.5, 0.6) is 0 Å². The summed E-state index contributed by atoms with van der Waals surface area (Å²) in [5.74, 6) is 0.0132. The Morgan fingerprint density at radius 2 is 2.13 bits per heavy atom. The van der Waals surface area contributed by atoms with E-state index in [9.17, 15) is 9.90 Å². The number of aliphatic hydroxyl groups is 1. The van der Waals surface area contributed by atoms with E-state index in [0.29, 0.717) is 19.5 Å². The van der Waals surface area contributed by atoms with Crippen LogP contribution in [0, 0.1) is 12.8 Å². The molecule has 0 radical (unpaired) electrons. The van der Waals surface area contributed by atoms with Gasteiger partial charge in [0.05, 0.1) is 12.7 Å². The molecule has 1 aliphatic rings. The van der Waals surface area contributed by atoms with Gasteiger partial charge >= 0.3 is 0 Å². The summed E-state index contributed by atoms with van der Waals surface area (Å²) in [6.45, 7) is 2.89. The summed E-state index contributed by atoms with van der Waals surface area (Å²) in [6, 6.07) is 7.93. The highest BCUT2D eigenvalue weighted by atomic mass is 16.5. The fourth-order valence-electron chi connectivity index (χ4n) is 3.33. The quantitative estimate of drug-likeness (QED) is 0.832. The first kappa shape index (κ1) is 17.9. The SMILES string of the molecule is CO[C@@H]1CC[C@H](C(=O)N(CCO)Cc2ccccc2C)C[C@H]1N. The molecule has 1 aromatic rings. The number of ether oxygens (including phenoxy) is 1. The fraction of sp³-hybridized carbons (Fsp3) is 0.611. The molecule has 0 spiro atoms. The molecule has 2 rings (SSSR count). The second kappa shape index (κ2) is 8.43. The summed E-state index contributed by atoms with van der Waals surface area (Å²) in [5, 5.41) is 9.32. The lowest BCUT2D eigenvalue weighted by molar-refractivity contribution is -0.139. The summed E-state index contributed by atoms with van der Waals surface area (Å²) >= 11 is 0. The third-order valence-corrected chi connectivity index (χ3v) is 4.79. The number of nitrogens with zero attached hydrogens (tertiary/aromatic N) is 1. The Bertz CT molecular complexity index is 521. The minimum absolute atomic E-state index is 0.0307. The molecular weight excluding hydrogens is 292 g/mol.